The summed E-state index contributed by atoms with van der Waals surface area (Å²) >= 11 is 2.17. The van der Waals surface area contributed by atoms with Crippen molar-refractivity contribution in [3.63, 3.8) is 0 Å². The molecule has 6 heteroatoms. The molecule has 1 aromatic heterocycles. The molecule has 1 aliphatic heterocycles. The first kappa shape index (κ1) is 11.3. The van der Waals surface area contributed by atoms with Crippen LogP contribution >= 0.6 is 22.6 Å². The lowest BCUT2D eigenvalue weighted by atomic mass is 10.1. The first-order chi connectivity index (χ1) is 7.65. The Morgan fingerprint density at radius 3 is 3.00 bits per heavy atom. The Labute approximate surface area is 106 Å². The summed E-state index contributed by atoms with van der Waals surface area (Å²) in [7, 11) is 0. The van der Waals surface area contributed by atoms with E-state index < -0.39 is 0 Å². The maximum atomic E-state index is 11.5. The van der Waals surface area contributed by atoms with E-state index in [0.717, 1.165) is 3.57 Å². The highest BCUT2D eigenvalue weighted by molar-refractivity contribution is 14.1. The number of carbonyl (C=O) groups is 2. The van der Waals surface area contributed by atoms with Gasteiger partial charge in [0.25, 0.3) is 0 Å². The predicted octanol–water partition coefficient (Wildman–Crippen LogP) is 0.903. The number of aromatic nitrogens is 1. The van der Waals surface area contributed by atoms with E-state index in [1.807, 2.05) is 12.1 Å². The van der Waals surface area contributed by atoms with E-state index in [0.29, 0.717) is 18.7 Å². The lowest BCUT2D eigenvalue weighted by Crippen LogP contribution is -2.47. The van der Waals surface area contributed by atoms with Crippen molar-refractivity contribution in [2.45, 2.75) is 18.9 Å². The van der Waals surface area contributed by atoms with Crippen LogP contribution in [0.1, 0.15) is 12.8 Å². The lowest BCUT2D eigenvalue weighted by molar-refractivity contribution is -0.133. The molecule has 16 heavy (non-hydrogen) atoms. The maximum absolute atomic E-state index is 11.5. The highest BCUT2D eigenvalue weighted by Crippen LogP contribution is 2.13. The smallest absolute Gasteiger partial charge is 0.249 e. The molecule has 2 rings (SSSR count). The van der Waals surface area contributed by atoms with Crippen LogP contribution in [0.25, 0.3) is 0 Å². The molecule has 1 fully saturated rings. The van der Waals surface area contributed by atoms with Crippen molar-refractivity contribution >= 4 is 40.2 Å². The highest BCUT2D eigenvalue weighted by Gasteiger charge is 2.26. The number of imide groups is 1. The number of hydrogen-bond acceptors (Lipinski definition) is 4. The number of rotatable bonds is 2. The molecule has 0 bridgehead atoms. The van der Waals surface area contributed by atoms with E-state index >= 15 is 0 Å². The molecular formula is C10H10IN3O2. The fourth-order valence-corrected chi connectivity index (χ4v) is 1.95. The molecule has 1 atom stereocenters. The van der Waals surface area contributed by atoms with Crippen LogP contribution in [0.5, 0.6) is 0 Å². The quantitative estimate of drug-likeness (QED) is 0.624. The average molecular weight is 331 g/mol. The Morgan fingerprint density at radius 2 is 2.31 bits per heavy atom. The van der Waals surface area contributed by atoms with Gasteiger partial charge in [-0.25, -0.2) is 4.98 Å². The molecular weight excluding hydrogens is 321 g/mol. The van der Waals surface area contributed by atoms with Crippen LogP contribution in [0.4, 0.5) is 5.82 Å². The summed E-state index contributed by atoms with van der Waals surface area (Å²) < 4.78 is 1.04. The fourth-order valence-electron chi connectivity index (χ4n) is 1.49. The van der Waals surface area contributed by atoms with Gasteiger partial charge in [0.1, 0.15) is 11.9 Å². The summed E-state index contributed by atoms with van der Waals surface area (Å²) in [5.74, 6) is 0.164. The molecule has 5 nitrogen and oxygen atoms in total. The molecule has 2 heterocycles. The van der Waals surface area contributed by atoms with Crippen LogP contribution in [0.15, 0.2) is 18.3 Å². The van der Waals surface area contributed by atoms with Crippen LogP contribution in [-0.4, -0.2) is 22.8 Å². The number of anilines is 1. The molecule has 1 unspecified atom stereocenters. The number of carbonyl (C=O) groups excluding carboxylic acids is 2. The topological polar surface area (TPSA) is 71.1 Å². The first-order valence-electron chi connectivity index (χ1n) is 4.87. The number of halogens is 1. The van der Waals surface area contributed by atoms with Crippen LogP contribution in [0, 0.1) is 3.57 Å². The van der Waals surface area contributed by atoms with E-state index in [4.69, 9.17) is 0 Å². The Bertz CT molecular complexity index is 436. The Morgan fingerprint density at radius 1 is 1.50 bits per heavy atom. The second kappa shape index (κ2) is 4.77. The van der Waals surface area contributed by atoms with Crippen molar-refractivity contribution in [1.82, 2.24) is 10.3 Å². The molecule has 0 spiro atoms. The Hall–Kier alpha value is -1.18. The SMILES string of the molecule is O=C1CCC(Nc2cc(I)ccn2)C(=O)N1. The van der Waals surface area contributed by atoms with Crippen molar-refractivity contribution in [2.75, 3.05) is 5.32 Å². The second-order valence-corrected chi connectivity index (χ2v) is 4.75. The number of amides is 2. The van der Waals surface area contributed by atoms with Gasteiger partial charge in [-0.05, 0) is 41.1 Å². The number of nitrogens with zero attached hydrogens (tertiary/aromatic N) is 1. The summed E-state index contributed by atoms with van der Waals surface area (Å²) in [5.41, 5.74) is 0. The van der Waals surface area contributed by atoms with Crippen molar-refractivity contribution in [3.8, 4) is 0 Å². The largest absolute Gasteiger partial charge is 0.358 e. The lowest BCUT2D eigenvalue weighted by Gasteiger charge is -2.22. The van der Waals surface area contributed by atoms with Gasteiger partial charge >= 0.3 is 0 Å². The molecule has 0 aliphatic carbocycles. The summed E-state index contributed by atoms with van der Waals surface area (Å²) in [4.78, 5) is 26.5. The normalized spacial score (nSPS) is 20.4. The fraction of sp³-hybridized carbons (Fsp3) is 0.300. The summed E-state index contributed by atoms with van der Waals surface area (Å²) in [5, 5.41) is 5.31. The minimum atomic E-state index is -0.372. The third kappa shape index (κ3) is 2.69. The number of hydrogen-bond donors (Lipinski definition) is 2. The number of pyridine rings is 1. The van der Waals surface area contributed by atoms with Gasteiger partial charge in [0.05, 0.1) is 0 Å². The Balaban J connectivity index is 2.05. The third-order valence-corrected chi connectivity index (χ3v) is 2.95. The van der Waals surface area contributed by atoms with Gasteiger partial charge in [0.15, 0.2) is 0 Å². The minimum Gasteiger partial charge on any atom is -0.358 e. The molecule has 1 saturated heterocycles. The predicted molar refractivity (Wildman–Crippen MR) is 66.7 cm³/mol. The van der Waals surface area contributed by atoms with Crippen LogP contribution in [0.2, 0.25) is 0 Å². The third-order valence-electron chi connectivity index (χ3n) is 2.28. The zero-order chi connectivity index (χ0) is 11.5. The molecule has 2 amide bonds. The second-order valence-electron chi connectivity index (χ2n) is 3.51. The number of nitrogens with one attached hydrogen (secondary N) is 2. The van der Waals surface area contributed by atoms with Gasteiger partial charge in [-0.3, -0.25) is 14.9 Å². The molecule has 1 aliphatic rings. The summed E-state index contributed by atoms with van der Waals surface area (Å²) in [6.07, 6.45) is 2.56. The zero-order valence-corrected chi connectivity index (χ0v) is 10.5. The van der Waals surface area contributed by atoms with Crippen molar-refractivity contribution in [3.05, 3.63) is 21.9 Å². The van der Waals surface area contributed by atoms with Crippen LogP contribution in [0.3, 0.4) is 0 Å². The molecule has 0 aromatic carbocycles. The molecule has 84 valence electrons. The van der Waals surface area contributed by atoms with Gasteiger partial charge in [0.2, 0.25) is 11.8 Å². The van der Waals surface area contributed by atoms with Gasteiger partial charge in [0, 0.05) is 16.2 Å². The van der Waals surface area contributed by atoms with Gasteiger partial charge in [-0.15, -0.1) is 0 Å². The monoisotopic (exact) mass is 331 g/mol. The van der Waals surface area contributed by atoms with E-state index in [1.54, 1.807) is 6.20 Å². The van der Waals surface area contributed by atoms with Gasteiger partial charge < -0.3 is 5.32 Å². The summed E-state index contributed by atoms with van der Waals surface area (Å²) in [6.45, 7) is 0. The van der Waals surface area contributed by atoms with Crippen LogP contribution < -0.4 is 10.6 Å². The van der Waals surface area contributed by atoms with Gasteiger partial charge in [-0.2, -0.15) is 0 Å². The molecule has 0 saturated carbocycles. The highest BCUT2D eigenvalue weighted by atomic mass is 127. The van der Waals surface area contributed by atoms with Crippen molar-refractivity contribution in [2.24, 2.45) is 0 Å². The molecule has 1 aromatic rings. The number of piperidine rings is 1. The Kier molecular flexibility index (Phi) is 3.37. The van der Waals surface area contributed by atoms with Crippen molar-refractivity contribution < 1.29 is 9.59 Å². The zero-order valence-electron chi connectivity index (χ0n) is 8.37. The first-order valence-corrected chi connectivity index (χ1v) is 5.95. The molecule has 2 N–H and O–H groups in total. The van der Waals surface area contributed by atoms with E-state index in [1.165, 1.54) is 0 Å². The van der Waals surface area contributed by atoms with Crippen LogP contribution in [-0.2, 0) is 9.59 Å². The van der Waals surface area contributed by atoms with E-state index in [-0.39, 0.29) is 17.9 Å². The minimum absolute atomic E-state index is 0.210. The van der Waals surface area contributed by atoms with E-state index in [9.17, 15) is 9.59 Å². The van der Waals surface area contributed by atoms with Gasteiger partial charge in [-0.1, -0.05) is 0 Å². The standard InChI is InChI=1S/C10H10IN3O2/c11-6-3-4-12-8(5-6)13-7-1-2-9(15)14-10(7)16/h3-5,7H,1-2H2,(H,12,13)(H,14,15,16). The average Bonchev–Trinajstić information content (AvgIpc) is 2.22. The van der Waals surface area contributed by atoms with E-state index in [2.05, 4.69) is 38.2 Å². The maximum Gasteiger partial charge on any atom is 0.249 e. The molecule has 0 radical (unpaired) electrons. The summed E-state index contributed by atoms with van der Waals surface area (Å²) in [6, 6.07) is 3.35. The van der Waals surface area contributed by atoms with Crippen molar-refractivity contribution in [1.29, 1.82) is 0 Å².